The van der Waals surface area contributed by atoms with Crippen LogP contribution in [-0.4, -0.2) is 40.1 Å². The number of nitrogens with zero attached hydrogens (tertiary/aromatic N) is 3. The third-order valence-electron chi connectivity index (χ3n) is 4.31. The van der Waals surface area contributed by atoms with Crippen LogP contribution in [0.25, 0.3) is 11.3 Å². The van der Waals surface area contributed by atoms with Crippen molar-refractivity contribution in [2.75, 3.05) is 13.2 Å². The molecule has 2 aromatic rings. The molecule has 0 saturated carbocycles. The summed E-state index contributed by atoms with van der Waals surface area (Å²) in [5, 5.41) is 11.1. The van der Waals surface area contributed by atoms with Crippen LogP contribution >= 0.6 is 0 Å². The Hall–Kier alpha value is -2.48. The Bertz CT molecular complexity index is 834. The van der Waals surface area contributed by atoms with E-state index in [1.54, 1.807) is 6.07 Å². The maximum Gasteiger partial charge on any atom is 0.267 e. The van der Waals surface area contributed by atoms with Crippen molar-refractivity contribution in [3.63, 3.8) is 0 Å². The van der Waals surface area contributed by atoms with Gasteiger partial charge in [0.25, 0.3) is 5.56 Å². The molecule has 1 aliphatic heterocycles. The van der Waals surface area contributed by atoms with E-state index in [0.717, 1.165) is 25.1 Å². The molecule has 3 rings (SSSR count). The fourth-order valence-electron chi connectivity index (χ4n) is 2.96. The molecule has 3 heterocycles. The maximum absolute atomic E-state index is 12.4. The lowest BCUT2D eigenvalue weighted by atomic mass is 10.0. The average Bonchev–Trinajstić information content (AvgIpc) is 3.25. The molecule has 1 aliphatic rings. The Morgan fingerprint density at radius 3 is 2.85 bits per heavy atom. The Morgan fingerprint density at radius 1 is 1.42 bits per heavy atom. The van der Waals surface area contributed by atoms with Crippen LogP contribution in [0.1, 0.15) is 44.0 Å². The Labute approximate surface area is 151 Å². The zero-order chi connectivity index (χ0) is 18.7. The summed E-state index contributed by atoms with van der Waals surface area (Å²) < 4.78 is 11.9. The van der Waals surface area contributed by atoms with Crippen molar-refractivity contribution < 1.29 is 14.1 Å². The molecule has 0 aliphatic carbocycles. The van der Waals surface area contributed by atoms with Crippen LogP contribution < -0.4 is 10.9 Å². The molecule has 8 nitrogen and oxygen atoms in total. The second-order valence-corrected chi connectivity index (χ2v) is 6.87. The molecule has 2 aromatic heterocycles. The van der Waals surface area contributed by atoms with Gasteiger partial charge < -0.3 is 14.6 Å². The number of carbonyl (C=O) groups excluding carboxylic acids is 1. The van der Waals surface area contributed by atoms with Crippen LogP contribution in [0.4, 0.5) is 0 Å². The molecule has 0 unspecified atom stereocenters. The van der Waals surface area contributed by atoms with E-state index < -0.39 is 0 Å². The fourth-order valence-corrected chi connectivity index (χ4v) is 2.96. The number of rotatable bonds is 6. The van der Waals surface area contributed by atoms with Crippen molar-refractivity contribution in [3.05, 3.63) is 33.9 Å². The number of aryl methyl sites for hydroxylation is 1. The number of carbonyl (C=O) groups is 1. The lowest BCUT2D eigenvalue weighted by Crippen LogP contribution is -2.37. The standard InChI is InChI=1S/C18H24N4O4/c1-11(2)18-14(15-7-12(3)21-26-15)8-17(24)22(20-18)10-16(23)19-9-13-5-4-6-25-13/h7-8,11,13H,4-6,9-10H2,1-3H3,(H,19,23)/t13-/m1/s1. The van der Waals surface area contributed by atoms with E-state index in [0.29, 0.717) is 23.6 Å². The minimum absolute atomic E-state index is 0.0530. The van der Waals surface area contributed by atoms with Gasteiger partial charge in [0.15, 0.2) is 5.76 Å². The summed E-state index contributed by atoms with van der Waals surface area (Å²) >= 11 is 0. The molecule has 0 radical (unpaired) electrons. The predicted molar refractivity (Wildman–Crippen MR) is 94.8 cm³/mol. The molecule has 1 amide bonds. The first-order valence-corrected chi connectivity index (χ1v) is 8.88. The first-order chi connectivity index (χ1) is 12.4. The Morgan fingerprint density at radius 2 is 2.23 bits per heavy atom. The summed E-state index contributed by atoms with van der Waals surface area (Å²) in [6.45, 7) is 6.83. The van der Waals surface area contributed by atoms with Gasteiger partial charge in [0.2, 0.25) is 5.91 Å². The molecule has 0 spiro atoms. The number of ether oxygens (including phenoxy) is 1. The van der Waals surface area contributed by atoms with Gasteiger partial charge in [0.05, 0.1) is 17.5 Å². The van der Waals surface area contributed by atoms with Gasteiger partial charge >= 0.3 is 0 Å². The minimum Gasteiger partial charge on any atom is -0.376 e. The normalized spacial score (nSPS) is 17.0. The molecule has 1 N–H and O–H groups in total. The van der Waals surface area contributed by atoms with Gasteiger partial charge in [0, 0.05) is 30.8 Å². The van der Waals surface area contributed by atoms with Gasteiger partial charge in [-0.2, -0.15) is 5.10 Å². The Balaban J connectivity index is 1.78. The van der Waals surface area contributed by atoms with Crippen LogP contribution in [0, 0.1) is 6.92 Å². The van der Waals surface area contributed by atoms with Crippen LogP contribution in [0.2, 0.25) is 0 Å². The van der Waals surface area contributed by atoms with E-state index >= 15 is 0 Å². The van der Waals surface area contributed by atoms with E-state index in [1.807, 2.05) is 20.8 Å². The topological polar surface area (TPSA) is 99.2 Å². The first-order valence-electron chi connectivity index (χ1n) is 8.88. The lowest BCUT2D eigenvalue weighted by molar-refractivity contribution is -0.122. The first kappa shape index (κ1) is 18.3. The molecule has 1 fully saturated rings. The van der Waals surface area contributed by atoms with Crippen molar-refractivity contribution in [2.45, 2.75) is 52.2 Å². The highest BCUT2D eigenvalue weighted by Gasteiger charge is 2.19. The molecule has 0 bridgehead atoms. The quantitative estimate of drug-likeness (QED) is 0.840. The van der Waals surface area contributed by atoms with Gasteiger partial charge in [-0.05, 0) is 25.7 Å². The van der Waals surface area contributed by atoms with Gasteiger partial charge in [-0.1, -0.05) is 19.0 Å². The summed E-state index contributed by atoms with van der Waals surface area (Å²) in [7, 11) is 0. The zero-order valence-electron chi connectivity index (χ0n) is 15.3. The SMILES string of the molecule is Cc1cc(-c2cc(=O)n(CC(=O)NC[C@H]3CCCO3)nc2C(C)C)on1. The molecule has 1 atom stereocenters. The number of aromatic nitrogens is 3. The van der Waals surface area contributed by atoms with Gasteiger partial charge in [0.1, 0.15) is 6.54 Å². The van der Waals surface area contributed by atoms with E-state index in [4.69, 9.17) is 9.26 Å². The highest BCUT2D eigenvalue weighted by Crippen LogP contribution is 2.26. The zero-order valence-corrected chi connectivity index (χ0v) is 15.3. The highest BCUT2D eigenvalue weighted by atomic mass is 16.5. The number of hydrogen-bond donors (Lipinski definition) is 1. The lowest BCUT2D eigenvalue weighted by Gasteiger charge is -2.14. The van der Waals surface area contributed by atoms with E-state index in [-0.39, 0.29) is 30.0 Å². The molecular formula is C18H24N4O4. The summed E-state index contributed by atoms with van der Waals surface area (Å²) in [4.78, 5) is 24.6. The Kier molecular flexibility index (Phi) is 5.51. The molecular weight excluding hydrogens is 336 g/mol. The van der Waals surface area contributed by atoms with Crippen LogP contribution in [0.3, 0.4) is 0 Å². The van der Waals surface area contributed by atoms with Crippen molar-refractivity contribution >= 4 is 5.91 Å². The van der Waals surface area contributed by atoms with Gasteiger partial charge in [-0.3, -0.25) is 9.59 Å². The van der Waals surface area contributed by atoms with E-state index in [9.17, 15) is 9.59 Å². The summed E-state index contributed by atoms with van der Waals surface area (Å²) in [5.74, 6) is 0.302. The molecule has 140 valence electrons. The molecule has 8 heteroatoms. The predicted octanol–water partition coefficient (Wildman–Crippen LogP) is 1.63. The molecule has 26 heavy (non-hydrogen) atoms. The minimum atomic E-state index is -0.356. The maximum atomic E-state index is 12.4. The van der Waals surface area contributed by atoms with Gasteiger partial charge in [-0.15, -0.1) is 0 Å². The monoisotopic (exact) mass is 360 g/mol. The third kappa shape index (κ3) is 4.19. The number of hydrogen-bond acceptors (Lipinski definition) is 6. The fraction of sp³-hybridized carbons (Fsp3) is 0.556. The van der Waals surface area contributed by atoms with Crippen LogP contribution in [-0.2, 0) is 16.1 Å². The average molecular weight is 360 g/mol. The number of amides is 1. The van der Waals surface area contributed by atoms with Crippen molar-refractivity contribution in [1.29, 1.82) is 0 Å². The van der Waals surface area contributed by atoms with E-state index in [2.05, 4.69) is 15.6 Å². The van der Waals surface area contributed by atoms with Crippen LogP contribution in [0.15, 0.2) is 21.5 Å². The second-order valence-electron chi connectivity index (χ2n) is 6.87. The summed E-state index contributed by atoms with van der Waals surface area (Å²) in [6, 6.07) is 3.22. The van der Waals surface area contributed by atoms with Crippen LogP contribution in [0.5, 0.6) is 0 Å². The second kappa shape index (κ2) is 7.82. The van der Waals surface area contributed by atoms with Crippen molar-refractivity contribution in [3.8, 4) is 11.3 Å². The molecule has 1 saturated heterocycles. The number of nitrogens with one attached hydrogen (secondary N) is 1. The smallest absolute Gasteiger partial charge is 0.267 e. The summed E-state index contributed by atoms with van der Waals surface area (Å²) in [6.07, 6.45) is 2.02. The van der Waals surface area contributed by atoms with Gasteiger partial charge in [-0.25, -0.2) is 4.68 Å². The highest BCUT2D eigenvalue weighted by molar-refractivity contribution is 5.75. The van der Waals surface area contributed by atoms with E-state index in [1.165, 1.54) is 10.7 Å². The van der Waals surface area contributed by atoms with Crippen molar-refractivity contribution in [1.82, 2.24) is 20.3 Å². The third-order valence-corrected chi connectivity index (χ3v) is 4.31. The molecule has 0 aromatic carbocycles. The van der Waals surface area contributed by atoms with Crippen molar-refractivity contribution in [2.24, 2.45) is 0 Å². The largest absolute Gasteiger partial charge is 0.376 e. The summed E-state index contributed by atoms with van der Waals surface area (Å²) in [5.41, 5.74) is 1.67.